The molecule has 9 heteroatoms. The molecular weight excluding hydrogens is 482 g/mol. The van der Waals surface area contributed by atoms with Gasteiger partial charge in [0.05, 0.1) is 5.37 Å². The van der Waals surface area contributed by atoms with Crippen LogP contribution in [-0.4, -0.2) is 62.5 Å². The Kier molecular flexibility index (Phi) is 8.25. The first-order valence-electron chi connectivity index (χ1n) is 12.6. The molecule has 190 valence electrons. The number of nitrogens with one attached hydrogen (secondary N) is 3. The quantitative estimate of drug-likeness (QED) is 0.286. The number of hydrogen-bond acceptors (Lipinski definition) is 7. The summed E-state index contributed by atoms with van der Waals surface area (Å²) in [5.74, 6) is 0.146. The number of thioether (sulfide) groups is 1. The number of aromatic amines is 1. The average Bonchev–Trinajstić information content (AvgIpc) is 3.47. The number of benzene rings is 3. The van der Waals surface area contributed by atoms with E-state index >= 15 is 0 Å². The third-order valence-electron chi connectivity index (χ3n) is 6.69. The molecule has 1 aliphatic heterocycles. The van der Waals surface area contributed by atoms with E-state index in [1.54, 1.807) is 6.07 Å². The summed E-state index contributed by atoms with van der Waals surface area (Å²) in [7, 11) is 0. The van der Waals surface area contributed by atoms with Crippen molar-refractivity contribution in [2.24, 2.45) is 0 Å². The minimum absolute atomic E-state index is 0.158. The molecule has 8 nitrogen and oxygen atoms in total. The molecule has 1 fully saturated rings. The highest BCUT2D eigenvalue weighted by molar-refractivity contribution is 7.99. The van der Waals surface area contributed by atoms with Crippen LogP contribution in [0.15, 0.2) is 89.8 Å². The van der Waals surface area contributed by atoms with Crippen LogP contribution in [0.4, 0.5) is 5.95 Å². The molecule has 0 saturated carbocycles. The Morgan fingerprint density at radius 1 is 1.05 bits per heavy atom. The number of amides is 1. The zero-order valence-corrected chi connectivity index (χ0v) is 21.6. The molecule has 3 N–H and O–H groups in total. The molecule has 5 rings (SSSR count). The van der Waals surface area contributed by atoms with Gasteiger partial charge < -0.3 is 5.32 Å². The van der Waals surface area contributed by atoms with E-state index in [9.17, 15) is 4.79 Å². The van der Waals surface area contributed by atoms with Gasteiger partial charge >= 0.3 is 0 Å². The molecule has 2 atom stereocenters. The van der Waals surface area contributed by atoms with Crippen molar-refractivity contribution in [2.45, 2.75) is 35.6 Å². The van der Waals surface area contributed by atoms with E-state index in [1.807, 2.05) is 23.9 Å². The molecule has 1 aliphatic rings. The smallest absolute Gasteiger partial charge is 0.270 e. The van der Waals surface area contributed by atoms with Crippen molar-refractivity contribution in [1.82, 2.24) is 30.8 Å². The molecule has 0 radical (unpaired) electrons. The maximum Gasteiger partial charge on any atom is 0.270 e. The number of rotatable bonds is 9. The summed E-state index contributed by atoms with van der Waals surface area (Å²) in [5.41, 5.74) is 3.22. The van der Waals surface area contributed by atoms with Gasteiger partial charge in [0.25, 0.3) is 11.9 Å². The van der Waals surface area contributed by atoms with Gasteiger partial charge in [-0.3, -0.25) is 15.0 Å². The number of carbonyl (C=O) groups excluding carboxylic acids is 1. The van der Waals surface area contributed by atoms with Gasteiger partial charge in [-0.05, 0) is 41.0 Å². The Balaban J connectivity index is 1.40. The standard InChI is InChI=1S/C28H31N7OS/c1-2-25(37-23-15-9-14-22(18-23)27(36)30-28-31-33-34-32-28)35-17-16-29-19-24(35)26(20-10-5-3-6-11-20)21-12-7-4-8-13-21/h3-15,18,24-26,29H,2,16-17,19H2,1H3,(H2,30,31,32,33,34,36). The summed E-state index contributed by atoms with van der Waals surface area (Å²) in [6.45, 7) is 5.07. The number of tetrazole rings is 1. The fraction of sp³-hybridized carbons (Fsp3) is 0.286. The lowest BCUT2D eigenvalue weighted by molar-refractivity contribution is 0.102. The van der Waals surface area contributed by atoms with Crippen LogP contribution in [0.5, 0.6) is 0 Å². The van der Waals surface area contributed by atoms with E-state index in [1.165, 1.54) is 11.1 Å². The van der Waals surface area contributed by atoms with Crippen molar-refractivity contribution in [1.29, 1.82) is 0 Å². The van der Waals surface area contributed by atoms with E-state index in [2.05, 4.69) is 110 Å². The van der Waals surface area contributed by atoms with E-state index in [-0.39, 0.29) is 23.1 Å². The van der Waals surface area contributed by atoms with Gasteiger partial charge in [-0.1, -0.05) is 78.8 Å². The van der Waals surface area contributed by atoms with Gasteiger partial charge in [-0.2, -0.15) is 5.21 Å². The number of carbonyl (C=O) groups is 1. The minimum atomic E-state index is -0.259. The molecule has 1 amide bonds. The SMILES string of the molecule is CCC(Sc1cccc(C(=O)Nc2nn[nH]n2)c1)N1CCNCC1C(c1ccccc1)c1ccccc1. The average molecular weight is 514 g/mol. The first-order valence-corrected chi connectivity index (χ1v) is 13.5. The van der Waals surface area contributed by atoms with Crippen molar-refractivity contribution in [3.63, 3.8) is 0 Å². The normalized spacial score (nSPS) is 17.0. The van der Waals surface area contributed by atoms with Crippen LogP contribution >= 0.6 is 11.8 Å². The van der Waals surface area contributed by atoms with E-state index in [0.29, 0.717) is 11.6 Å². The van der Waals surface area contributed by atoms with Crippen LogP contribution in [0.25, 0.3) is 0 Å². The molecule has 0 bridgehead atoms. The van der Waals surface area contributed by atoms with Crippen LogP contribution < -0.4 is 10.6 Å². The fourth-order valence-corrected chi connectivity index (χ4v) is 6.24. The van der Waals surface area contributed by atoms with Crippen molar-refractivity contribution in [3.05, 3.63) is 102 Å². The highest BCUT2D eigenvalue weighted by atomic mass is 32.2. The van der Waals surface area contributed by atoms with Gasteiger partial charge in [0, 0.05) is 42.1 Å². The number of anilines is 1. The second-order valence-corrected chi connectivity index (χ2v) is 10.3. The lowest BCUT2D eigenvalue weighted by Crippen LogP contribution is -2.56. The number of H-pyrrole nitrogens is 1. The minimum Gasteiger partial charge on any atom is -0.314 e. The maximum atomic E-state index is 12.7. The van der Waals surface area contributed by atoms with Crippen LogP contribution in [0.1, 0.15) is 40.7 Å². The molecular formula is C28H31N7OS. The summed E-state index contributed by atoms with van der Waals surface area (Å²) >= 11 is 1.81. The Labute approximate surface area is 221 Å². The topological polar surface area (TPSA) is 98.8 Å². The predicted octanol–water partition coefficient (Wildman–Crippen LogP) is 4.39. The second kappa shape index (κ2) is 12.1. The van der Waals surface area contributed by atoms with Crippen LogP contribution in [0.2, 0.25) is 0 Å². The Hall–Kier alpha value is -3.53. The molecule has 37 heavy (non-hydrogen) atoms. The van der Waals surface area contributed by atoms with E-state index in [4.69, 9.17) is 0 Å². The fourth-order valence-electron chi connectivity index (χ4n) is 5.01. The zero-order chi connectivity index (χ0) is 25.5. The summed E-state index contributed by atoms with van der Waals surface area (Å²) in [6.07, 6.45) is 0.983. The first kappa shape index (κ1) is 25.1. The summed E-state index contributed by atoms with van der Waals surface area (Å²) < 4.78 is 0. The van der Waals surface area contributed by atoms with Crippen LogP contribution in [0, 0.1) is 0 Å². The van der Waals surface area contributed by atoms with Gasteiger partial charge in [0.2, 0.25) is 0 Å². The van der Waals surface area contributed by atoms with Crippen LogP contribution in [-0.2, 0) is 0 Å². The third-order valence-corrected chi connectivity index (χ3v) is 8.09. The third kappa shape index (κ3) is 6.07. The summed E-state index contributed by atoms with van der Waals surface area (Å²) in [4.78, 5) is 16.4. The summed E-state index contributed by atoms with van der Waals surface area (Å²) in [5, 5.41) is 20.0. The number of nitrogens with zero attached hydrogens (tertiary/aromatic N) is 4. The van der Waals surface area contributed by atoms with Gasteiger partial charge in [-0.25, -0.2) is 0 Å². The Bertz CT molecular complexity index is 1230. The van der Waals surface area contributed by atoms with Crippen molar-refractivity contribution < 1.29 is 4.79 Å². The highest BCUT2D eigenvalue weighted by Crippen LogP contribution is 2.37. The van der Waals surface area contributed by atoms with E-state index < -0.39 is 0 Å². The maximum absolute atomic E-state index is 12.7. The molecule has 4 aromatic rings. The lowest BCUT2D eigenvalue weighted by Gasteiger charge is -2.45. The molecule has 3 aromatic carbocycles. The highest BCUT2D eigenvalue weighted by Gasteiger charge is 2.35. The van der Waals surface area contributed by atoms with Crippen molar-refractivity contribution >= 4 is 23.6 Å². The van der Waals surface area contributed by atoms with Gasteiger partial charge in [0.15, 0.2) is 0 Å². The molecule has 1 saturated heterocycles. The van der Waals surface area contributed by atoms with Crippen LogP contribution in [0.3, 0.4) is 0 Å². The molecule has 0 aliphatic carbocycles. The number of piperazine rings is 1. The zero-order valence-electron chi connectivity index (χ0n) is 20.7. The van der Waals surface area contributed by atoms with Gasteiger partial charge in [0.1, 0.15) is 0 Å². The second-order valence-electron chi connectivity index (χ2n) is 9.01. The van der Waals surface area contributed by atoms with Crippen molar-refractivity contribution in [2.75, 3.05) is 25.0 Å². The predicted molar refractivity (Wildman–Crippen MR) is 147 cm³/mol. The van der Waals surface area contributed by atoms with Crippen molar-refractivity contribution in [3.8, 4) is 0 Å². The molecule has 2 heterocycles. The monoisotopic (exact) mass is 513 g/mol. The number of aromatic nitrogens is 4. The summed E-state index contributed by atoms with van der Waals surface area (Å²) in [6, 6.07) is 29.7. The largest absolute Gasteiger partial charge is 0.314 e. The Morgan fingerprint density at radius 2 is 1.78 bits per heavy atom. The van der Waals surface area contributed by atoms with Gasteiger partial charge in [-0.15, -0.1) is 16.9 Å². The Morgan fingerprint density at radius 3 is 2.43 bits per heavy atom. The number of hydrogen-bond donors (Lipinski definition) is 3. The molecule has 2 unspecified atom stereocenters. The lowest BCUT2D eigenvalue weighted by atomic mass is 9.83. The first-order chi connectivity index (χ1) is 18.2. The molecule has 1 aromatic heterocycles. The van der Waals surface area contributed by atoms with E-state index in [0.717, 1.165) is 31.0 Å². The molecule has 0 spiro atoms.